The van der Waals surface area contributed by atoms with Gasteiger partial charge in [-0.2, -0.15) is 0 Å². The van der Waals surface area contributed by atoms with Crippen molar-refractivity contribution in [2.45, 2.75) is 25.9 Å². The van der Waals surface area contributed by atoms with E-state index in [1.165, 1.54) is 33.4 Å². The molecule has 2 aromatic carbocycles. The molecule has 5 heterocycles. The molecule has 0 fully saturated rings. The molecule has 0 aliphatic carbocycles. The predicted octanol–water partition coefficient (Wildman–Crippen LogP) is 5.03. The maximum atomic E-state index is 6.15. The van der Waals surface area contributed by atoms with E-state index in [2.05, 4.69) is 125 Å². The highest BCUT2D eigenvalue weighted by atomic mass is 16.6. The minimum atomic E-state index is 0.388. The second-order valence-electron chi connectivity index (χ2n) is 17.1. The van der Waals surface area contributed by atoms with Crippen LogP contribution in [-0.2, 0) is 77.9 Å². The summed E-state index contributed by atoms with van der Waals surface area (Å²) < 4.78 is 67.3. The van der Waals surface area contributed by atoms with Crippen molar-refractivity contribution in [1.82, 2.24) is 0 Å². The Labute approximate surface area is 413 Å². The molecule has 14 heteroatoms. The van der Waals surface area contributed by atoms with Crippen LogP contribution in [0.4, 0.5) is 0 Å². The van der Waals surface area contributed by atoms with Crippen molar-refractivity contribution in [2.75, 3.05) is 119 Å². The third kappa shape index (κ3) is 19.3. The largest absolute Gasteiger partial charge is 0.491 e. The molecule has 1 aliphatic rings. The Hall–Kier alpha value is -5.68. The van der Waals surface area contributed by atoms with Crippen molar-refractivity contribution in [3.05, 3.63) is 157 Å². The minimum absolute atomic E-state index is 0.388. The van der Waals surface area contributed by atoms with Crippen molar-refractivity contribution in [3.63, 3.8) is 0 Å². The molecule has 6 aromatic rings. The SMILES string of the molecule is C[n+]1ccc(-c2cc[n+](Cc3cc4cc(c3)CCOCCOCCOCCOCCOc3cc(C[n+]5ccc(-c6cc[n+](C)cc6)cc5)cc(c3)OCCOCCOCCOCCOCC4)cc2)cc1. The second kappa shape index (κ2) is 30.1. The van der Waals surface area contributed by atoms with E-state index >= 15 is 0 Å². The molecule has 0 atom stereocenters. The van der Waals surface area contributed by atoms with Crippen LogP contribution in [0.15, 0.2) is 135 Å². The highest BCUT2D eigenvalue weighted by Gasteiger charge is 2.12. The molecular formula is C56H72N4O10+4. The van der Waals surface area contributed by atoms with Crippen molar-refractivity contribution >= 4 is 0 Å². The predicted molar refractivity (Wildman–Crippen MR) is 263 cm³/mol. The molecule has 14 nitrogen and oxygen atoms in total. The third-order valence-electron chi connectivity index (χ3n) is 11.5. The van der Waals surface area contributed by atoms with E-state index in [9.17, 15) is 0 Å². The van der Waals surface area contributed by atoms with Crippen LogP contribution < -0.4 is 27.7 Å². The molecule has 4 aromatic heterocycles. The van der Waals surface area contributed by atoms with Crippen LogP contribution in [0.1, 0.15) is 22.3 Å². The molecule has 4 bridgehead atoms. The van der Waals surface area contributed by atoms with Crippen LogP contribution in [0, 0.1) is 0 Å². The van der Waals surface area contributed by atoms with E-state index in [0.29, 0.717) is 137 Å². The second-order valence-corrected chi connectivity index (χ2v) is 17.1. The normalized spacial score (nSPS) is 16.6. The number of hydrogen-bond donors (Lipinski definition) is 0. The summed E-state index contributed by atoms with van der Waals surface area (Å²) in [6.07, 6.45) is 18.3. The van der Waals surface area contributed by atoms with E-state index in [1.54, 1.807) is 0 Å². The average molecular weight is 961 g/mol. The van der Waals surface area contributed by atoms with Crippen molar-refractivity contribution in [2.24, 2.45) is 14.1 Å². The molecule has 0 amide bonds. The highest BCUT2D eigenvalue weighted by molar-refractivity contribution is 5.61. The number of aryl methyl sites for hydroxylation is 2. The highest BCUT2D eigenvalue weighted by Crippen LogP contribution is 2.24. The van der Waals surface area contributed by atoms with Gasteiger partial charge in [0, 0.05) is 65.7 Å². The first-order valence-corrected chi connectivity index (χ1v) is 24.6. The van der Waals surface area contributed by atoms with Crippen LogP contribution in [0.3, 0.4) is 0 Å². The van der Waals surface area contributed by atoms with Crippen LogP contribution >= 0.6 is 0 Å². The van der Waals surface area contributed by atoms with Gasteiger partial charge in [-0.25, -0.2) is 18.3 Å². The van der Waals surface area contributed by atoms with Gasteiger partial charge in [-0.15, -0.1) is 0 Å². The first-order valence-electron chi connectivity index (χ1n) is 24.6. The Balaban J connectivity index is 0.862. The minimum Gasteiger partial charge on any atom is -0.491 e. The van der Waals surface area contributed by atoms with Crippen molar-refractivity contribution < 1.29 is 65.6 Å². The lowest BCUT2D eigenvalue weighted by atomic mass is 10.0. The molecule has 1 aliphatic heterocycles. The van der Waals surface area contributed by atoms with Crippen molar-refractivity contribution in [3.8, 4) is 33.8 Å². The number of aromatic nitrogens is 4. The number of fused-ring (bicyclic) bond motifs is 4. The Morgan fingerprint density at radius 2 is 0.600 bits per heavy atom. The summed E-state index contributed by atoms with van der Waals surface area (Å²) in [5.74, 6) is 1.42. The van der Waals surface area contributed by atoms with Crippen LogP contribution in [0.5, 0.6) is 11.5 Å². The van der Waals surface area contributed by atoms with E-state index < -0.39 is 0 Å². The molecule has 0 N–H and O–H groups in total. The Morgan fingerprint density at radius 3 is 0.943 bits per heavy atom. The van der Waals surface area contributed by atoms with Gasteiger partial charge in [0.15, 0.2) is 62.7 Å². The third-order valence-corrected chi connectivity index (χ3v) is 11.5. The zero-order valence-corrected chi connectivity index (χ0v) is 41.1. The number of nitrogens with zero attached hydrogens (tertiary/aromatic N) is 4. The number of pyridine rings is 4. The average Bonchev–Trinajstić information content (AvgIpc) is 3.37. The number of rotatable bonds is 6. The van der Waals surface area contributed by atoms with Gasteiger partial charge in [0.2, 0.25) is 0 Å². The first kappa shape index (κ1) is 52.2. The Morgan fingerprint density at radius 1 is 0.314 bits per heavy atom. The fourth-order valence-electron chi connectivity index (χ4n) is 7.77. The number of hydrogen-bond acceptors (Lipinski definition) is 10. The van der Waals surface area contributed by atoms with Crippen LogP contribution in [0.25, 0.3) is 22.3 Å². The standard InChI is InChI=1S/C56H72N4O10/c1-57-13-3-51(4-14-57)53-7-17-59(18-8-53)45-49-40-47-11-21-61-23-25-63-27-29-65-31-33-67-35-37-69-55-42-50(46-60-19-9-54(10-20-60)52-5-15-58(2)16-6-52)43-56(44-55)70-38-36-68-34-32-66-30-28-64-26-24-62-22-12-48(39-47)41-49/h3-10,13-20,39-44H,11-12,21-38,45-46H2,1-2H3/q+4. The first-order chi connectivity index (χ1) is 34.5. The molecule has 0 saturated carbocycles. The summed E-state index contributed by atoms with van der Waals surface area (Å²) in [5, 5.41) is 0. The summed E-state index contributed by atoms with van der Waals surface area (Å²) in [7, 11) is 4.05. The van der Waals surface area contributed by atoms with Gasteiger partial charge in [-0.3, -0.25) is 0 Å². The van der Waals surface area contributed by atoms with E-state index in [0.717, 1.165) is 30.5 Å². The van der Waals surface area contributed by atoms with Gasteiger partial charge in [-0.05, 0) is 70.5 Å². The molecular weight excluding hydrogens is 889 g/mol. The smallest absolute Gasteiger partial charge is 0.174 e. The Bertz CT molecular complexity index is 2150. The fourth-order valence-corrected chi connectivity index (χ4v) is 7.77. The number of benzene rings is 2. The summed E-state index contributed by atoms with van der Waals surface area (Å²) in [6.45, 7) is 10.1. The molecule has 372 valence electrons. The van der Waals surface area contributed by atoms with Crippen LogP contribution in [-0.4, -0.2) is 119 Å². The zero-order valence-electron chi connectivity index (χ0n) is 41.1. The van der Waals surface area contributed by atoms with Gasteiger partial charge in [0.1, 0.15) is 38.8 Å². The molecule has 70 heavy (non-hydrogen) atoms. The quantitative estimate of drug-likeness (QED) is 0.211. The van der Waals surface area contributed by atoms with Gasteiger partial charge in [0.25, 0.3) is 0 Å². The molecule has 0 radical (unpaired) electrons. The molecule has 0 spiro atoms. The van der Waals surface area contributed by atoms with Crippen molar-refractivity contribution in [1.29, 1.82) is 0 Å². The van der Waals surface area contributed by atoms with Gasteiger partial charge < -0.3 is 47.4 Å². The molecule has 7 rings (SSSR count). The van der Waals surface area contributed by atoms with Gasteiger partial charge in [-0.1, -0.05) is 6.07 Å². The maximum Gasteiger partial charge on any atom is 0.174 e. The van der Waals surface area contributed by atoms with E-state index in [1.807, 2.05) is 41.4 Å². The lowest BCUT2D eigenvalue weighted by Crippen LogP contribution is -2.33. The van der Waals surface area contributed by atoms with Crippen LogP contribution in [0.2, 0.25) is 0 Å². The fraction of sp³-hybridized carbons (Fsp3) is 0.429. The van der Waals surface area contributed by atoms with Gasteiger partial charge in [0.05, 0.1) is 106 Å². The monoisotopic (exact) mass is 961 g/mol. The Kier molecular flexibility index (Phi) is 22.5. The topological polar surface area (TPSA) is 108 Å². The molecule has 0 saturated heterocycles. The number of ether oxygens (including phenoxy) is 10. The summed E-state index contributed by atoms with van der Waals surface area (Å²) in [4.78, 5) is 0. The summed E-state index contributed by atoms with van der Waals surface area (Å²) in [6, 6.07) is 29.9. The summed E-state index contributed by atoms with van der Waals surface area (Å²) in [5.41, 5.74) is 9.49. The van der Waals surface area contributed by atoms with E-state index in [-0.39, 0.29) is 0 Å². The lowest BCUT2D eigenvalue weighted by Gasteiger charge is -2.13. The zero-order chi connectivity index (χ0) is 48.3. The lowest BCUT2D eigenvalue weighted by molar-refractivity contribution is -0.688. The maximum absolute atomic E-state index is 6.15. The molecule has 0 unspecified atom stereocenters. The van der Waals surface area contributed by atoms with Gasteiger partial charge >= 0.3 is 0 Å². The van der Waals surface area contributed by atoms with E-state index in [4.69, 9.17) is 47.4 Å². The summed E-state index contributed by atoms with van der Waals surface area (Å²) >= 11 is 0.